The number of carbonyl (C=O) groups is 1. The second kappa shape index (κ2) is 7.39. The number of carbonyl (C=O) groups excluding carboxylic acids is 1. The van der Waals surface area contributed by atoms with Crippen molar-refractivity contribution < 1.29 is 9.53 Å². The summed E-state index contributed by atoms with van der Waals surface area (Å²) < 4.78 is 5.32. The summed E-state index contributed by atoms with van der Waals surface area (Å²) in [6.07, 6.45) is 3.37. The zero-order valence-corrected chi connectivity index (χ0v) is 15.4. The van der Waals surface area contributed by atoms with E-state index in [-0.39, 0.29) is 12.1 Å². The zero-order valence-electron chi connectivity index (χ0n) is 15.4. The SMILES string of the molecule is COc1n[nH]c2cc(NC(=O)NC(C)c3ccccc3)nc(-c3cn[nH]c3)c12. The summed E-state index contributed by atoms with van der Waals surface area (Å²) in [4.78, 5) is 17.0. The fourth-order valence-electron chi connectivity index (χ4n) is 2.99. The monoisotopic (exact) mass is 377 g/mol. The molecule has 0 aliphatic heterocycles. The smallest absolute Gasteiger partial charge is 0.320 e. The topological polar surface area (TPSA) is 121 Å². The average Bonchev–Trinajstić information content (AvgIpc) is 3.37. The van der Waals surface area contributed by atoms with Crippen LogP contribution in [0.3, 0.4) is 0 Å². The molecular weight excluding hydrogens is 358 g/mol. The number of H-pyrrole nitrogens is 2. The van der Waals surface area contributed by atoms with Crippen LogP contribution in [-0.4, -0.2) is 38.5 Å². The molecule has 4 aromatic rings. The predicted molar refractivity (Wildman–Crippen MR) is 105 cm³/mol. The van der Waals surface area contributed by atoms with E-state index in [2.05, 4.69) is 36.0 Å². The molecule has 1 atom stereocenters. The van der Waals surface area contributed by atoms with Gasteiger partial charge in [-0.25, -0.2) is 9.78 Å². The van der Waals surface area contributed by atoms with Crippen LogP contribution in [0.5, 0.6) is 5.88 Å². The minimum absolute atomic E-state index is 0.148. The lowest BCUT2D eigenvalue weighted by molar-refractivity contribution is 0.249. The molecule has 0 fully saturated rings. The molecule has 9 nitrogen and oxygen atoms in total. The van der Waals surface area contributed by atoms with Gasteiger partial charge in [0.2, 0.25) is 5.88 Å². The molecule has 9 heteroatoms. The standard InChI is InChI=1S/C19H19N7O2/c1-11(12-6-4-3-5-7-12)22-19(27)24-15-8-14-16(18(28-2)26-25-14)17(23-15)13-9-20-21-10-13/h3-11H,1-2H3,(H,20,21)(H,25,26)(H2,22,23,24,27). The summed E-state index contributed by atoms with van der Waals surface area (Å²) in [5.74, 6) is 0.806. The highest BCUT2D eigenvalue weighted by atomic mass is 16.5. The van der Waals surface area contributed by atoms with E-state index in [0.717, 1.165) is 11.1 Å². The Balaban J connectivity index is 1.61. The summed E-state index contributed by atoms with van der Waals surface area (Å²) in [7, 11) is 1.54. The van der Waals surface area contributed by atoms with E-state index in [9.17, 15) is 4.79 Å². The van der Waals surface area contributed by atoms with Crippen molar-refractivity contribution in [2.45, 2.75) is 13.0 Å². The van der Waals surface area contributed by atoms with Gasteiger partial charge in [-0.05, 0) is 12.5 Å². The third-order valence-corrected chi connectivity index (χ3v) is 4.36. The molecule has 142 valence electrons. The highest BCUT2D eigenvalue weighted by Crippen LogP contribution is 2.33. The molecule has 0 aliphatic rings. The molecule has 0 spiro atoms. The number of urea groups is 1. The fourth-order valence-corrected chi connectivity index (χ4v) is 2.99. The molecule has 3 aromatic heterocycles. The van der Waals surface area contributed by atoms with Crippen molar-refractivity contribution in [1.82, 2.24) is 30.7 Å². The first-order valence-corrected chi connectivity index (χ1v) is 8.70. The van der Waals surface area contributed by atoms with Crippen LogP contribution in [0, 0.1) is 0 Å². The summed E-state index contributed by atoms with van der Waals surface area (Å²) in [5, 5.41) is 20.2. The number of anilines is 1. The Morgan fingerprint density at radius 3 is 2.79 bits per heavy atom. The van der Waals surface area contributed by atoms with Gasteiger partial charge in [-0.3, -0.25) is 15.5 Å². The summed E-state index contributed by atoms with van der Waals surface area (Å²) in [6.45, 7) is 1.92. The fraction of sp³-hybridized carbons (Fsp3) is 0.158. The molecule has 0 saturated heterocycles. The Kier molecular flexibility index (Phi) is 4.63. The van der Waals surface area contributed by atoms with Crippen LogP contribution in [0.4, 0.5) is 10.6 Å². The third-order valence-electron chi connectivity index (χ3n) is 4.36. The molecule has 0 bridgehead atoms. The van der Waals surface area contributed by atoms with E-state index < -0.39 is 0 Å². The summed E-state index contributed by atoms with van der Waals surface area (Å²) >= 11 is 0. The Hall–Kier alpha value is -3.88. The molecule has 0 aliphatic carbocycles. The largest absolute Gasteiger partial charge is 0.479 e. The number of fused-ring (bicyclic) bond motifs is 1. The van der Waals surface area contributed by atoms with Gasteiger partial charge in [0.1, 0.15) is 5.82 Å². The number of rotatable bonds is 5. The number of nitrogens with zero attached hydrogens (tertiary/aromatic N) is 3. The normalized spacial score (nSPS) is 11.9. The molecular formula is C19H19N7O2. The van der Waals surface area contributed by atoms with Crippen LogP contribution in [0.15, 0.2) is 48.8 Å². The Morgan fingerprint density at radius 2 is 2.07 bits per heavy atom. The molecule has 0 saturated carbocycles. The first-order valence-electron chi connectivity index (χ1n) is 8.70. The highest BCUT2D eigenvalue weighted by molar-refractivity contribution is 5.99. The highest BCUT2D eigenvalue weighted by Gasteiger charge is 2.18. The number of hydrogen-bond donors (Lipinski definition) is 4. The number of aromatic amines is 2. The molecule has 28 heavy (non-hydrogen) atoms. The van der Waals surface area contributed by atoms with E-state index in [1.165, 1.54) is 0 Å². The number of benzene rings is 1. The first kappa shape index (κ1) is 17.5. The van der Waals surface area contributed by atoms with Gasteiger partial charge in [0.25, 0.3) is 0 Å². The third kappa shape index (κ3) is 3.37. The molecule has 4 N–H and O–H groups in total. The Morgan fingerprint density at radius 1 is 1.25 bits per heavy atom. The minimum atomic E-state index is -0.354. The van der Waals surface area contributed by atoms with Gasteiger partial charge < -0.3 is 10.1 Å². The van der Waals surface area contributed by atoms with Gasteiger partial charge in [-0.1, -0.05) is 30.3 Å². The maximum atomic E-state index is 12.5. The van der Waals surface area contributed by atoms with Crippen molar-refractivity contribution in [3.8, 4) is 17.1 Å². The maximum absolute atomic E-state index is 12.5. The van der Waals surface area contributed by atoms with Crippen molar-refractivity contribution in [2.75, 3.05) is 12.4 Å². The van der Waals surface area contributed by atoms with Gasteiger partial charge in [-0.15, -0.1) is 5.10 Å². The molecule has 4 rings (SSSR count). The average molecular weight is 377 g/mol. The van der Waals surface area contributed by atoms with Crippen molar-refractivity contribution >= 4 is 22.8 Å². The van der Waals surface area contributed by atoms with Crippen LogP contribution < -0.4 is 15.4 Å². The van der Waals surface area contributed by atoms with Crippen LogP contribution in [0.25, 0.3) is 22.2 Å². The van der Waals surface area contributed by atoms with Crippen LogP contribution in [-0.2, 0) is 0 Å². The number of hydrogen-bond acceptors (Lipinski definition) is 5. The van der Waals surface area contributed by atoms with Crippen molar-refractivity contribution in [1.29, 1.82) is 0 Å². The summed E-state index contributed by atoms with van der Waals surface area (Å²) in [5.41, 5.74) is 3.06. The minimum Gasteiger partial charge on any atom is -0.479 e. The number of amides is 2. The number of aromatic nitrogens is 5. The lowest BCUT2D eigenvalue weighted by Crippen LogP contribution is -2.31. The molecule has 1 unspecified atom stereocenters. The second-order valence-corrected chi connectivity index (χ2v) is 6.23. The predicted octanol–water partition coefficient (Wildman–Crippen LogP) is 3.24. The van der Waals surface area contributed by atoms with Crippen LogP contribution >= 0.6 is 0 Å². The zero-order chi connectivity index (χ0) is 19.5. The summed E-state index contributed by atoms with van der Waals surface area (Å²) in [6, 6.07) is 10.9. The van der Waals surface area contributed by atoms with Crippen molar-refractivity contribution in [2.24, 2.45) is 0 Å². The van der Waals surface area contributed by atoms with Crippen molar-refractivity contribution in [3.63, 3.8) is 0 Å². The number of nitrogens with one attached hydrogen (secondary N) is 4. The number of pyridine rings is 1. The van der Waals surface area contributed by atoms with Crippen LogP contribution in [0.2, 0.25) is 0 Å². The molecule has 3 heterocycles. The van der Waals surface area contributed by atoms with E-state index >= 15 is 0 Å². The van der Waals surface area contributed by atoms with Gasteiger partial charge in [0.15, 0.2) is 0 Å². The Bertz CT molecular complexity index is 1090. The number of methoxy groups -OCH3 is 1. The lowest BCUT2D eigenvalue weighted by atomic mass is 10.1. The van der Waals surface area contributed by atoms with Gasteiger partial charge in [0, 0.05) is 17.8 Å². The molecule has 0 radical (unpaired) electrons. The Labute approximate surface area is 160 Å². The van der Waals surface area contributed by atoms with E-state index in [0.29, 0.717) is 28.3 Å². The van der Waals surface area contributed by atoms with E-state index in [1.54, 1.807) is 25.6 Å². The quantitative estimate of drug-likeness (QED) is 0.425. The van der Waals surface area contributed by atoms with Crippen LogP contribution in [0.1, 0.15) is 18.5 Å². The van der Waals surface area contributed by atoms with Gasteiger partial charge in [-0.2, -0.15) is 5.10 Å². The number of ether oxygens (including phenoxy) is 1. The van der Waals surface area contributed by atoms with Gasteiger partial charge >= 0.3 is 6.03 Å². The molecule has 2 amide bonds. The van der Waals surface area contributed by atoms with E-state index in [4.69, 9.17) is 4.74 Å². The second-order valence-electron chi connectivity index (χ2n) is 6.23. The van der Waals surface area contributed by atoms with Gasteiger partial charge in [0.05, 0.1) is 35.9 Å². The molecule has 1 aromatic carbocycles. The lowest BCUT2D eigenvalue weighted by Gasteiger charge is -2.15. The van der Waals surface area contributed by atoms with E-state index in [1.807, 2.05) is 37.3 Å². The first-order chi connectivity index (χ1) is 13.7. The maximum Gasteiger partial charge on any atom is 0.320 e. The van der Waals surface area contributed by atoms with Crippen molar-refractivity contribution in [3.05, 3.63) is 54.4 Å².